The van der Waals surface area contributed by atoms with Crippen molar-refractivity contribution in [3.8, 4) is 0 Å². The summed E-state index contributed by atoms with van der Waals surface area (Å²) in [5, 5.41) is 8.34. The van der Waals surface area contributed by atoms with Gasteiger partial charge in [-0.3, -0.25) is 9.48 Å². The van der Waals surface area contributed by atoms with Gasteiger partial charge in [0.05, 0.1) is 22.2 Å². The zero-order valence-corrected chi connectivity index (χ0v) is 16.5. The first-order chi connectivity index (χ1) is 11.9. The number of hydrogen-bond acceptors (Lipinski definition) is 2. The molecule has 3 rings (SSSR count). The van der Waals surface area contributed by atoms with Gasteiger partial charge in [-0.25, -0.2) is 0 Å². The second-order valence-electron chi connectivity index (χ2n) is 5.21. The summed E-state index contributed by atoms with van der Waals surface area (Å²) in [4.78, 5) is 12.4. The van der Waals surface area contributed by atoms with Crippen molar-refractivity contribution < 1.29 is 4.79 Å². The lowest BCUT2D eigenvalue weighted by Crippen LogP contribution is -2.13. The van der Waals surface area contributed by atoms with Crippen LogP contribution >= 0.6 is 50.7 Å². The van der Waals surface area contributed by atoms with Crippen molar-refractivity contribution in [2.24, 2.45) is 0 Å². The summed E-state index contributed by atoms with van der Waals surface area (Å²) in [6.45, 7) is 0.446. The number of amides is 1. The van der Waals surface area contributed by atoms with Gasteiger partial charge in [-0.05, 0) is 45.8 Å². The van der Waals surface area contributed by atoms with Gasteiger partial charge in [0.1, 0.15) is 5.02 Å². The van der Waals surface area contributed by atoms with E-state index in [0.717, 1.165) is 5.56 Å². The van der Waals surface area contributed by atoms with Crippen molar-refractivity contribution in [2.75, 3.05) is 5.32 Å². The Kier molecular flexibility index (Phi) is 5.69. The molecule has 0 spiro atoms. The summed E-state index contributed by atoms with van der Waals surface area (Å²) in [6, 6.07) is 12.4. The topological polar surface area (TPSA) is 46.9 Å². The molecule has 0 saturated heterocycles. The Bertz CT molecular complexity index is 943. The Morgan fingerprint density at radius 1 is 1.08 bits per heavy atom. The first-order valence-electron chi connectivity index (χ1n) is 7.17. The lowest BCUT2D eigenvalue weighted by molar-refractivity contribution is 0.102. The maximum atomic E-state index is 12.4. The molecule has 1 heterocycles. The van der Waals surface area contributed by atoms with Gasteiger partial charge in [0.15, 0.2) is 5.82 Å². The number of carbonyl (C=O) groups is 1. The van der Waals surface area contributed by atoms with Crippen LogP contribution in [0.15, 0.2) is 53.1 Å². The van der Waals surface area contributed by atoms with E-state index in [1.165, 1.54) is 0 Å². The molecule has 3 aromatic rings. The normalized spacial score (nSPS) is 10.7. The van der Waals surface area contributed by atoms with Gasteiger partial charge in [-0.15, -0.1) is 0 Å². The number of nitrogens with zero attached hydrogens (tertiary/aromatic N) is 2. The number of carbonyl (C=O) groups excluding carboxylic acids is 1. The van der Waals surface area contributed by atoms with E-state index in [1.54, 1.807) is 41.2 Å². The summed E-state index contributed by atoms with van der Waals surface area (Å²) in [6.07, 6.45) is 1.64. The Balaban J connectivity index is 1.77. The van der Waals surface area contributed by atoms with Crippen LogP contribution in [-0.2, 0) is 6.54 Å². The molecule has 0 fully saturated rings. The van der Waals surface area contributed by atoms with E-state index in [4.69, 9.17) is 34.8 Å². The van der Waals surface area contributed by atoms with Gasteiger partial charge < -0.3 is 5.32 Å². The lowest BCUT2D eigenvalue weighted by Gasteiger charge is -2.05. The molecule has 25 heavy (non-hydrogen) atoms. The predicted molar refractivity (Wildman–Crippen MR) is 105 cm³/mol. The number of benzene rings is 2. The number of halogens is 4. The number of anilines is 1. The smallest absolute Gasteiger partial charge is 0.258 e. The molecule has 1 N–H and O–H groups in total. The average molecular weight is 460 g/mol. The van der Waals surface area contributed by atoms with Gasteiger partial charge in [0.25, 0.3) is 5.91 Å². The average Bonchev–Trinajstić information content (AvgIpc) is 2.90. The van der Waals surface area contributed by atoms with Gasteiger partial charge in [0, 0.05) is 10.7 Å². The van der Waals surface area contributed by atoms with Gasteiger partial charge in [-0.2, -0.15) is 5.10 Å². The molecule has 4 nitrogen and oxygen atoms in total. The van der Waals surface area contributed by atoms with Crippen molar-refractivity contribution in [1.82, 2.24) is 9.78 Å². The van der Waals surface area contributed by atoms with Crippen LogP contribution in [0.5, 0.6) is 0 Å². The number of nitrogens with one attached hydrogen (secondary N) is 1. The molecule has 1 aromatic heterocycles. The van der Waals surface area contributed by atoms with E-state index in [0.29, 0.717) is 37.5 Å². The molecule has 0 atom stereocenters. The summed E-state index contributed by atoms with van der Waals surface area (Å²) in [5.41, 5.74) is 1.41. The van der Waals surface area contributed by atoms with Gasteiger partial charge >= 0.3 is 0 Å². The van der Waals surface area contributed by atoms with E-state index in [9.17, 15) is 4.79 Å². The standard InChI is InChI=1S/C17H11BrCl3N3O/c18-12-4-2-1-3-11(12)17(25)22-16-15(21)9-24(23-16)8-10-5-6-13(19)14(20)7-10/h1-7,9H,8H2,(H,22,23,25). The molecule has 0 radical (unpaired) electrons. The largest absolute Gasteiger partial charge is 0.304 e. The van der Waals surface area contributed by atoms with Crippen molar-refractivity contribution in [3.05, 3.63) is 79.3 Å². The summed E-state index contributed by atoms with van der Waals surface area (Å²) in [5.74, 6) is -0.00311. The number of rotatable bonds is 4. The van der Waals surface area contributed by atoms with Crippen LogP contribution in [0.25, 0.3) is 0 Å². The highest BCUT2D eigenvalue weighted by molar-refractivity contribution is 9.10. The highest BCUT2D eigenvalue weighted by atomic mass is 79.9. The maximum Gasteiger partial charge on any atom is 0.258 e. The van der Waals surface area contributed by atoms with E-state index >= 15 is 0 Å². The van der Waals surface area contributed by atoms with Crippen molar-refractivity contribution >= 4 is 62.5 Å². The Labute approximate surface area is 167 Å². The van der Waals surface area contributed by atoms with Gasteiger partial charge in [0.2, 0.25) is 0 Å². The Hall–Kier alpha value is -1.53. The molecule has 128 valence electrons. The maximum absolute atomic E-state index is 12.4. The Morgan fingerprint density at radius 2 is 1.84 bits per heavy atom. The van der Waals surface area contributed by atoms with Crippen molar-refractivity contribution in [2.45, 2.75) is 6.54 Å². The fourth-order valence-electron chi connectivity index (χ4n) is 2.21. The SMILES string of the molecule is O=C(Nc1nn(Cc2ccc(Cl)c(Cl)c2)cc1Cl)c1ccccc1Br. The summed E-state index contributed by atoms with van der Waals surface area (Å²) in [7, 11) is 0. The van der Waals surface area contributed by atoms with Crippen LogP contribution in [0.2, 0.25) is 15.1 Å². The van der Waals surface area contributed by atoms with E-state index in [2.05, 4.69) is 26.3 Å². The molecule has 0 saturated carbocycles. The monoisotopic (exact) mass is 457 g/mol. The van der Waals surface area contributed by atoms with Crippen LogP contribution in [0.1, 0.15) is 15.9 Å². The second-order valence-corrected chi connectivity index (χ2v) is 7.28. The van der Waals surface area contributed by atoms with Crippen LogP contribution in [-0.4, -0.2) is 15.7 Å². The molecule has 0 bridgehead atoms. The van der Waals surface area contributed by atoms with Crippen LogP contribution in [0, 0.1) is 0 Å². The van der Waals surface area contributed by atoms with E-state index < -0.39 is 0 Å². The van der Waals surface area contributed by atoms with Crippen molar-refractivity contribution in [1.29, 1.82) is 0 Å². The first-order valence-corrected chi connectivity index (χ1v) is 9.09. The molecule has 2 aromatic carbocycles. The minimum absolute atomic E-state index is 0.294. The lowest BCUT2D eigenvalue weighted by atomic mass is 10.2. The van der Waals surface area contributed by atoms with Gasteiger partial charge in [-0.1, -0.05) is 53.0 Å². The van der Waals surface area contributed by atoms with Crippen LogP contribution in [0.4, 0.5) is 5.82 Å². The molecular formula is C17H11BrCl3N3O. The van der Waals surface area contributed by atoms with E-state index in [1.807, 2.05) is 12.1 Å². The fraction of sp³-hybridized carbons (Fsp3) is 0.0588. The minimum atomic E-state index is -0.297. The molecule has 0 aliphatic rings. The third-order valence-electron chi connectivity index (χ3n) is 3.40. The molecule has 0 aliphatic carbocycles. The summed E-state index contributed by atoms with van der Waals surface area (Å²) < 4.78 is 2.32. The minimum Gasteiger partial charge on any atom is -0.304 e. The molecule has 8 heteroatoms. The fourth-order valence-corrected chi connectivity index (χ4v) is 3.19. The molecule has 1 amide bonds. The summed E-state index contributed by atoms with van der Waals surface area (Å²) >= 11 is 21.5. The predicted octanol–water partition coefficient (Wildman–Crippen LogP) is 5.91. The highest BCUT2D eigenvalue weighted by Crippen LogP contribution is 2.25. The highest BCUT2D eigenvalue weighted by Gasteiger charge is 2.14. The third kappa shape index (κ3) is 4.36. The zero-order chi connectivity index (χ0) is 18.0. The molecule has 0 aliphatic heterocycles. The molecular weight excluding hydrogens is 448 g/mol. The van der Waals surface area contributed by atoms with Crippen molar-refractivity contribution in [3.63, 3.8) is 0 Å². The quantitative estimate of drug-likeness (QED) is 0.528. The number of hydrogen-bond donors (Lipinski definition) is 1. The third-order valence-corrected chi connectivity index (χ3v) is 5.10. The van der Waals surface area contributed by atoms with Crippen LogP contribution < -0.4 is 5.32 Å². The van der Waals surface area contributed by atoms with Crippen LogP contribution in [0.3, 0.4) is 0 Å². The van der Waals surface area contributed by atoms with E-state index in [-0.39, 0.29) is 5.91 Å². The molecule has 0 unspecified atom stereocenters. The second kappa shape index (κ2) is 7.79. The zero-order valence-electron chi connectivity index (χ0n) is 12.6. The Morgan fingerprint density at radius 3 is 2.56 bits per heavy atom. The first kappa shape index (κ1) is 18.3. The number of aromatic nitrogens is 2.